The Morgan fingerprint density at radius 2 is 2.13 bits per heavy atom. The molecule has 6 nitrogen and oxygen atoms in total. The van der Waals surface area contributed by atoms with E-state index in [0.717, 1.165) is 0 Å². The lowest BCUT2D eigenvalue weighted by molar-refractivity contribution is -0.142. The van der Waals surface area contributed by atoms with Gasteiger partial charge in [0.1, 0.15) is 5.75 Å². The van der Waals surface area contributed by atoms with E-state index < -0.39 is 18.6 Å². The van der Waals surface area contributed by atoms with E-state index in [9.17, 15) is 18.4 Å². The molecule has 1 saturated heterocycles. The Morgan fingerprint density at radius 1 is 1.39 bits per heavy atom. The van der Waals surface area contributed by atoms with E-state index in [4.69, 9.17) is 10.5 Å². The minimum absolute atomic E-state index is 0.0245. The van der Waals surface area contributed by atoms with Crippen molar-refractivity contribution in [2.45, 2.75) is 12.7 Å². The summed E-state index contributed by atoms with van der Waals surface area (Å²) in [6.07, 6.45) is 1.78. The van der Waals surface area contributed by atoms with Crippen LogP contribution in [0.3, 0.4) is 0 Å². The number of carbonyl (C=O) groups is 2. The normalized spacial score (nSPS) is 18.4. The number of carbonyl (C=O) groups excluding carboxylic acids is 2. The van der Waals surface area contributed by atoms with Crippen LogP contribution in [0.4, 0.5) is 8.78 Å². The summed E-state index contributed by atoms with van der Waals surface area (Å²) in [5, 5.41) is 0. The lowest BCUT2D eigenvalue weighted by atomic mass is 10.2. The maximum atomic E-state index is 12.3. The summed E-state index contributed by atoms with van der Waals surface area (Å²) in [5.74, 6) is -1.03. The zero-order valence-corrected chi connectivity index (χ0v) is 12.2. The number of amides is 2. The topological polar surface area (TPSA) is 81.9 Å². The summed E-state index contributed by atoms with van der Waals surface area (Å²) < 4.78 is 34.2. The molecule has 8 heteroatoms. The third kappa shape index (κ3) is 4.75. The van der Waals surface area contributed by atoms with Gasteiger partial charge in [0, 0.05) is 18.2 Å². The number of ether oxygens (including phenoxy) is 2. The van der Waals surface area contributed by atoms with Crippen molar-refractivity contribution >= 4 is 17.9 Å². The molecule has 0 bridgehead atoms. The SMILES string of the molecule is NC(=O)C1CN(C(=O)C=Cc2ccccc2OC(F)F)CCO1. The van der Waals surface area contributed by atoms with Crippen LogP contribution in [0, 0.1) is 0 Å². The molecule has 1 atom stereocenters. The quantitative estimate of drug-likeness (QED) is 0.819. The second-order valence-corrected chi connectivity index (χ2v) is 4.80. The molecule has 1 aromatic carbocycles. The lowest BCUT2D eigenvalue weighted by Gasteiger charge is -2.30. The average Bonchev–Trinajstić information content (AvgIpc) is 2.53. The number of halogens is 2. The molecule has 0 aliphatic carbocycles. The summed E-state index contributed by atoms with van der Waals surface area (Å²) in [4.78, 5) is 24.6. The van der Waals surface area contributed by atoms with Crippen molar-refractivity contribution in [1.29, 1.82) is 0 Å². The van der Waals surface area contributed by atoms with Crippen LogP contribution in [0.15, 0.2) is 30.3 Å². The molecule has 2 rings (SSSR count). The van der Waals surface area contributed by atoms with E-state index in [1.807, 2.05) is 0 Å². The summed E-state index contributed by atoms with van der Waals surface area (Å²) in [6.45, 7) is -2.36. The molecule has 124 valence electrons. The second-order valence-electron chi connectivity index (χ2n) is 4.80. The first-order chi connectivity index (χ1) is 11.0. The van der Waals surface area contributed by atoms with E-state index in [1.54, 1.807) is 18.2 Å². The highest BCUT2D eigenvalue weighted by Crippen LogP contribution is 2.21. The van der Waals surface area contributed by atoms with E-state index >= 15 is 0 Å². The molecule has 1 aliphatic rings. The van der Waals surface area contributed by atoms with Gasteiger partial charge in [0.05, 0.1) is 13.2 Å². The maximum Gasteiger partial charge on any atom is 0.387 e. The van der Waals surface area contributed by atoms with Gasteiger partial charge in [0.15, 0.2) is 6.10 Å². The van der Waals surface area contributed by atoms with Crippen molar-refractivity contribution in [3.05, 3.63) is 35.9 Å². The van der Waals surface area contributed by atoms with Gasteiger partial charge in [-0.05, 0) is 12.1 Å². The Labute approximate surface area is 131 Å². The van der Waals surface area contributed by atoms with Gasteiger partial charge in [-0.1, -0.05) is 18.2 Å². The predicted molar refractivity (Wildman–Crippen MR) is 77.6 cm³/mol. The van der Waals surface area contributed by atoms with Gasteiger partial charge >= 0.3 is 6.61 Å². The van der Waals surface area contributed by atoms with Crippen LogP contribution in [-0.4, -0.2) is 49.1 Å². The molecule has 1 aromatic rings. The first kappa shape index (κ1) is 16.9. The molecular formula is C15H16F2N2O4. The monoisotopic (exact) mass is 326 g/mol. The first-order valence-electron chi connectivity index (χ1n) is 6.89. The summed E-state index contributed by atoms with van der Waals surface area (Å²) >= 11 is 0. The van der Waals surface area contributed by atoms with Crippen molar-refractivity contribution < 1.29 is 27.8 Å². The average molecular weight is 326 g/mol. The number of nitrogens with two attached hydrogens (primary N) is 1. The number of alkyl halides is 2. The highest BCUT2D eigenvalue weighted by Gasteiger charge is 2.26. The van der Waals surface area contributed by atoms with Crippen LogP contribution in [0.2, 0.25) is 0 Å². The van der Waals surface area contributed by atoms with E-state index in [2.05, 4.69) is 4.74 Å². The molecule has 1 unspecified atom stereocenters. The molecule has 0 saturated carbocycles. The van der Waals surface area contributed by atoms with Crippen molar-refractivity contribution in [1.82, 2.24) is 4.90 Å². The molecule has 2 amide bonds. The Kier molecular flexibility index (Phi) is 5.64. The van der Waals surface area contributed by atoms with Crippen molar-refractivity contribution in [2.24, 2.45) is 5.73 Å². The number of primary amides is 1. The molecule has 1 aliphatic heterocycles. The largest absolute Gasteiger partial charge is 0.434 e. The molecule has 1 heterocycles. The number of morpholine rings is 1. The fraction of sp³-hybridized carbons (Fsp3) is 0.333. The molecule has 0 aromatic heterocycles. The number of hydrogen-bond acceptors (Lipinski definition) is 4. The van der Waals surface area contributed by atoms with Gasteiger partial charge in [-0.15, -0.1) is 0 Å². The van der Waals surface area contributed by atoms with Crippen molar-refractivity contribution in [2.75, 3.05) is 19.7 Å². The number of para-hydroxylation sites is 1. The highest BCUT2D eigenvalue weighted by molar-refractivity contribution is 5.92. The van der Waals surface area contributed by atoms with E-state index in [0.29, 0.717) is 12.1 Å². The number of nitrogens with zero attached hydrogens (tertiary/aromatic N) is 1. The van der Waals surface area contributed by atoms with Gasteiger partial charge in [-0.25, -0.2) is 0 Å². The Balaban J connectivity index is 2.05. The van der Waals surface area contributed by atoms with Gasteiger partial charge in [0.25, 0.3) is 0 Å². The number of rotatable bonds is 5. The minimum Gasteiger partial charge on any atom is -0.434 e. The van der Waals surface area contributed by atoms with Crippen LogP contribution in [0.25, 0.3) is 6.08 Å². The molecular weight excluding hydrogens is 310 g/mol. The van der Waals surface area contributed by atoms with Gasteiger partial charge in [-0.2, -0.15) is 8.78 Å². The van der Waals surface area contributed by atoms with Crippen LogP contribution in [0.1, 0.15) is 5.56 Å². The maximum absolute atomic E-state index is 12.3. The fourth-order valence-corrected chi connectivity index (χ4v) is 2.11. The first-order valence-corrected chi connectivity index (χ1v) is 6.89. The fourth-order valence-electron chi connectivity index (χ4n) is 2.11. The summed E-state index contributed by atoms with van der Waals surface area (Å²) in [7, 11) is 0. The van der Waals surface area contributed by atoms with Crippen molar-refractivity contribution in [3.63, 3.8) is 0 Å². The second kappa shape index (κ2) is 7.68. The zero-order chi connectivity index (χ0) is 16.8. The molecule has 23 heavy (non-hydrogen) atoms. The highest BCUT2D eigenvalue weighted by atomic mass is 19.3. The number of benzene rings is 1. The minimum atomic E-state index is -2.95. The van der Waals surface area contributed by atoms with Crippen LogP contribution in [-0.2, 0) is 14.3 Å². The van der Waals surface area contributed by atoms with Gasteiger partial charge < -0.3 is 20.1 Å². The smallest absolute Gasteiger partial charge is 0.387 e. The third-order valence-electron chi connectivity index (χ3n) is 3.24. The standard InChI is InChI=1S/C15H16F2N2O4/c16-15(17)23-11-4-2-1-3-10(11)5-6-13(20)19-7-8-22-12(9-19)14(18)21/h1-6,12,15H,7-9H2,(H2,18,21). The Bertz CT molecular complexity index is 607. The predicted octanol–water partition coefficient (Wildman–Crippen LogP) is 1.01. The summed E-state index contributed by atoms with van der Waals surface area (Å²) in [5.41, 5.74) is 5.50. The van der Waals surface area contributed by atoms with E-state index in [1.165, 1.54) is 23.1 Å². The van der Waals surface area contributed by atoms with E-state index in [-0.39, 0.29) is 24.8 Å². The Hall–Kier alpha value is -2.48. The molecule has 1 fully saturated rings. The Morgan fingerprint density at radius 3 is 2.83 bits per heavy atom. The van der Waals surface area contributed by atoms with Crippen LogP contribution in [0.5, 0.6) is 5.75 Å². The molecule has 0 radical (unpaired) electrons. The third-order valence-corrected chi connectivity index (χ3v) is 3.24. The van der Waals surface area contributed by atoms with Crippen molar-refractivity contribution in [3.8, 4) is 5.75 Å². The molecule has 2 N–H and O–H groups in total. The summed E-state index contributed by atoms with van der Waals surface area (Å²) in [6, 6.07) is 6.12. The molecule has 0 spiro atoms. The van der Waals surface area contributed by atoms with Crippen LogP contribution >= 0.6 is 0 Å². The zero-order valence-electron chi connectivity index (χ0n) is 12.2. The van der Waals surface area contributed by atoms with Gasteiger partial charge in [0.2, 0.25) is 11.8 Å². The lowest BCUT2D eigenvalue weighted by Crippen LogP contribution is -2.50. The van der Waals surface area contributed by atoms with Crippen LogP contribution < -0.4 is 10.5 Å². The van der Waals surface area contributed by atoms with Gasteiger partial charge in [-0.3, -0.25) is 9.59 Å². The number of hydrogen-bond donors (Lipinski definition) is 1.